The summed E-state index contributed by atoms with van der Waals surface area (Å²) >= 11 is 0. The molecule has 2 saturated carbocycles. The van der Waals surface area contributed by atoms with Crippen molar-refractivity contribution >= 4 is 5.91 Å². The highest BCUT2D eigenvalue weighted by Crippen LogP contribution is 2.27. The summed E-state index contributed by atoms with van der Waals surface area (Å²) in [5.41, 5.74) is 0. The lowest BCUT2D eigenvalue weighted by atomic mass is 9.83. The van der Waals surface area contributed by atoms with Crippen LogP contribution in [0, 0.1) is 5.92 Å². The summed E-state index contributed by atoms with van der Waals surface area (Å²) in [4.78, 5) is 12.4. The first-order chi connectivity index (χ1) is 8.81. The molecular weight excluding hydrogens is 224 g/mol. The van der Waals surface area contributed by atoms with Crippen molar-refractivity contribution in [3.8, 4) is 0 Å². The second-order valence-electron chi connectivity index (χ2n) is 6.01. The van der Waals surface area contributed by atoms with Crippen LogP contribution in [0.3, 0.4) is 0 Å². The van der Waals surface area contributed by atoms with E-state index in [1.54, 1.807) is 0 Å². The molecule has 0 bridgehead atoms. The van der Waals surface area contributed by atoms with Crippen LogP contribution >= 0.6 is 0 Å². The number of nitrogens with one attached hydrogen (secondary N) is 2. The van der Waals surface area contributed by atoms with Gasteiger partial charge in [-0.2, -0.15) is 0 Å². The third-order valence-electron chi connectivity index (χ3n) is 4.67. The van der Waals surface area contributed by atoms with Crippen molar-refractivity contribution in [1.29, 1.82) is 0 Å². The van der Waals surface area contributed by atoms with Crippen LogP contribution in [0.25, 0.3) is 0 Å². The quantitative estimate of drug-likeness (QED) is 0.807. The molecule has 104 valence electrons. The summed E-state index contributed by atoms with van der Waals surface area (Å²) in [6, 6.07) is 0.470. The van der Waals surface area contributed by atoms with E-state index in [1.807, 2.05) is 7.05 Å². The average Bonchev–Trinajstić information content (AvgIpc) is 2.42. The van der Waals surface area contributed by atoms with Crippen LogP contribution in [0.15, 0.2) is 0 Å². The fourth-order valence-electron chi connectivity index (χ4n) is 3.59. The molecule has 2 fully saturated rings. The number of carbonyl (C=O) groups excluding carboxylic acids is 1. The Morgan fingerprint density at radius 1 is 0.944 bits per heavy atom. The first-order valence-electron chi connectivity index (χ1n) is 7.79. The summed E-state index contributed by atoms with van der Waals surface area (Å²) in [5, 5.41) is 6.51. The molecule has 1 atom stereocenters. The van der Waals surface area contributed by atoms with Crippen LogP contribution in [0.1, 0.15) is 64.2 Å². The predicted molar refractivity (Wildman–Crippen MR) is 74.4 cm³/mol. The molecule has 18 heavy (non-hydrogen) atoms. The first kappa shape index (κ1) is 13.9. The Kier molecular flexibility index (Phi) is 5.48. The van der Waals surface area contributed by atoms with E-state index in [0.29, 0.717) is 12.0 Å². The number of hydrogen-bond donors (Lipinski definition) is 2. The van der Waals surface area contributed by atoms with E-state index in [0.717, 1.165) is 0 Å². The summed E-state index contributed by atoms with van der Waals surface area (Å²) in [5.74, 6) is 0.795. The summed E-state index contributed by atoms with van der Waals surface area (Å²) < 4.78 is 0. The molecule has 0 spiro atoms. The van der Waals surface area contributed by atoms with Gasteiger partial charge < -0.3 is 10.6 Å². The maximum Gasteiger partial charge on any atom is 0.237 e. The average molecular weight is 252 g/mol. The normalized spacial score (nSPS) is 24.7. The van der Waals surface area contributed by atoms with E-state index in [1.165, 1.54) is 64.2 Å². The minimum absolute atomic E-state index is 0.0345. The van der Waals surface area contributed by atoms with Gasteiger partial charge in [0.05, 0.1) is 6.04 Å². The summed E-state index contributed by atoms with van der Waals surface area (Å²) in [6.07, 6.45) is 12.6. The number of rotatable bonds is 4. The Hall–Kier alpha value is -0.570. The largest absolute Gasteiger partial charge is 0.352 e. The van der Waals surface area contributed by atoms with E-state index in [2.05, 4.69) is 10.6 Å². The zero-order chi connectivity index (χ0) is 12.8. The molecule has 2 rings (SSSR count). The lowest BCUT2D eigenvalue weighted by Gasteiger charge is -2.31. The van der Waals surface area contributed by atoms with Crippen LogP contribution in [0.2, 0.25) is 0 Å². The molecule has 0 aromatic heterocycles. The van der Waals surface area contributed by atoms with Gasteiger partial charge in [0.15, 0.2) is 0 Å². The Balaban J connectivity index is 1.83. The van der Waals surface area contributed by atoms with E-state index >= 15 is 0 Å². The van der Waals surface area contributed by atoms with Gasteiger partial charge in [-0.25, -0.2) is 0 Å². The smallest absolute Gasteiger partial charge is 0.237 e. The topological polar surface area (TPSA) is 41.1 Å². The maximum atomic E-state index is 12.4. The van der Waals surface area contributed by atoms with Gasteiger partial charge in [-0.05, 0) is 38.6 Å². The number of carbonyl (C=O) groups is 1. The molecule has 2 aliphatic carbocycles. The SMILES string of the molecule is CNC(C(=O)NC1CCCCC1)C1CCCCC1. The third kappa shape index (κ3) is 3.71. The minimum atomic E-state index is 0.0345. The predicted octanol–water partition coefficient (Wildman–Crippen LogP) is 2.60. The Bertz CT molecular complexity index is 255. The summed E-state index contributed by atoms with van der Waals surface area (Å²) in [7, 11) is 1.93. The van der Waals surface area contributed by atoms with Crippen molar-refractivity contribution in [2.75, 3.05) is 7.05 Å². The van der Waals surface area contributed by atoms with Crippen LogP contribution < -0.4 is 10.6 Å². The summed E-state index contributed by atoms with van der Waals surface area (Å²) in [6.45, 7) is 0. The van der Waals surface area contributed by atoms with E-state index in [-0.39, 0.29) is 11.9 Å². The molecule has 2 aliphatic rings. The minimum Gasteiger partial charge on any atom is -0.352 e. The second-order valence-corrected chi connectivity index (χ2v) is 6.01. The number of likely N-dealkylation sites (N-methyl/N-ethyl adjacent to an activating group) is 1. The van der Waals surface area contributed by atoms with E-state index in [4.69, 9.17) is 0 Å². The van der Waals surface area contributed by atoms with E-state index < -0.39 is 0 Å². The van der Waals surface area contributed by atoms with E-state index in [9.17, 15) is 4.79 Å². The van der Waals surface area contributed by atoms with Crippen LogP contribution in [0.5, 0.6) is 0 Å². The molecule has 1 amide bonds. The van der Waals surface area contributed by atoms with Crippen molar-refractivity contribution in [3.63, 3.8) is 0 Å². The Morgan fingerprint density at radius 3 is 2.06 bits per heavy atom. The second kappa shape index (κ2) is 7.13. The highest BCUT2D eigenvalue weighted by atomic mass is 16.2. The van der Waals surface area contributed by atoms with Crippen molar-refractivity contribution in [1.82, 2.24) is 10.6 Å². The first-order valence-corrected chi connectivity index (χ1v) is 7.79. The van der Waals surface area contributed by atoms with Crippen molar-refractivity contribution in [2.45, 2.75) is 76.3 Å². The van der Waals surface area contributed by atoms with Gasteiger partial charge in [-0.3, -0.25) is 4.79 Å². The molecule has 0 aromatic carbocycles. The van der Waals surface area contributed by atoms with Gasteiger partial charge in [0.25, 0.3) is 0 Å². The third-order valence-corrected chi connectivity index (χ3v) is 4.67. The highest BCUT2D eigenvalue weighted by molar-refractivity contribution is 5.82. The number of hydrogen-bond acceptors (Lipinski definition) is 2. The standard InChI is InChI=1S/C15H28N2O/c1-16-14(12-8-4-2-5-9-12)15(18)17-13-10-6-3-7-11-13/h12-14,16H,2-11H2,1H3,(H,17,18). The number of amides is 1. The fourth-order valence-corrected chi connectivity index (χ4v) is 3.59. The monoisotopic (exact) mass is 252 g/mol. The molecule has 3 nitrogen and oxygen atoms in total. The van der Waals surface area contributed by atoms with Gasteiger partial charge in [0.2, 0.25) is 5.91 Å². The van der Waals surface area contributed by atoms with Crippen molar-refractivity contribution in [2.24, 2.45) is 5.92 Å². The zero-order valence-electron chi connectivity index (χ0n) is 11.7. The molecule has 2 N–H and O–H groups in total. The zero-order valence-corrected chi connectivity index (χ0v) is 11.7. The van der Waals surface area contributed by atoms with Crippen LogP contribution in [-0.2, 0) is 4.79 Å². The van der Waals surface area contributed by atoms with Crippen LogP contribution in [0.4, 0.5) is 0 Å². The van der Waals surface area contributed by atoms with Gasteiger partial charge in [0.1, 0.15) is 0 Å². The molecular formula is C15H28N2O. The van der Waals surface area contributed by atoms with Crippen molar-refractivity contribution < 1.29 is 4.79 Å². The Labute approximate surface area is 111 Å². The highest BCUT2D eigenvalue weighted by Gasteiger charge is 2.29. The van der Waals surface area contributed by atoms with Gasteiger partial charge in [-0.15, -0.1) is 0 Å². The fraction of sp³-hybridized carbons (Fsp3) is 0.933. The molecule has 0 aliphatic heterocycles. The van der Waals surface area contributed by atoms with Gasteiger partial charge >= 0.3 is 0 Å². The lowest BCUT2D eigenvalue weighted by molar-refractivity contribution is -0.125. The molecule has 3 heteroatoms. The van der Waals surface area contributed by atoms with Gasteiger partial charge in [0, 0.05) is 6.04 Å². The molecule has 0 aromatic rings. The Morgan fingerprint density at radius 2 is 1.50 bits per heavy atom. The van der Waals surface area contributed by atoms with Crippen molar-refractivity contribution in [3.05, 3.63) is 0 Å². The van der Waals surface area contributed by atoms with Gasteiger partial charge in [-0.1, -0.05) is 38.5 Å². The lowest BCUT2D eigenvalue weighted by Crippen LogP contribution is -2.51. The van der Waals surface area contributed by atoms with Crippen LogP contribution in [-0.4, -0.2) is 25.0 Å². The molecule has 0 radical (unpaired) electrons. The molecule has 1 unspecified atom stereocenters. The molecule has 0 heterocycles. The molecule has 0 saturated heterocycles. The maximum absolute atomic E-state index is 12.4.